The summed E-state index contributed by atoms with van der Waals surface area (Å²) in [5.74, 6) is -1.39. The van der Waals surface area contributed by atoms with Crippen molar-refractivity contribution in [2.24, 2.45) is 0 Å². The molecule has 28 heavy (non-hydrogen) atoms. The lowest BCUT2D eigenvalue weighted by molar-refractivity contribution is -0.184. The minimum Gasteiger partial charge on any atom is -0.455 e. The summed E-state index contributed by atoms with van der Waals surface area (Å²) in [5, 5.41) is 2.60. The SMILES string of the molecule is CCn1c(SCC(=O)OCC(F)(F)F)nc2scc(-c3ccccc3)c2c1=O. The molecule has 148 valence electrons. The zero-order valence-corrected chi connectivity index (χ0v) is 16.3. The van der Waals surface area contributed by atoms with Crippen molar-refractivity contribution in [2.45, 2.75) is 24.8 Å². The zero-order valence-electron chi connectivity index (χ0n) is 14.7. The summed E-state index contributed by atoms with van der Waals surface area (Å²) >= 11 is 2.18. The number of alkyl halides is 3. The fraction of sp³-hybridized carbons (Fsp3) is 0.278. The van der Waals surface area contributed by atoms with E-state index in [0.29, 0.717) is 16.8 Å². The smallest absolute Gasteiger partial charge is 0.422 e. The van der Waals surface area contributed by atoms with E-state index in [2.05, 4.69) is 9.72 Å². The molecule has 0 N–H and O–H groups in total. The summed E-state index contributed by atoms with van der Waals surface area (Å²) in [7, 11) is 0. The molecular formula is C18H15F3N2O3S2. The molecule has 3 aromatic rings. The molecule has 0 bridgehead atoms. The Labute approximate surface area is 166 Å². The molecule has 2 aromatic heterocycles. The molecule has 0 atom stereocenters. The van der Waals surface area contributed by atoms with Gasteiger partial charge in [-0.1, -0.05) is 42.1 Å². The number of nitrogens with zero attached hydrogens (tertiary/aromatic N) is 2. The van der Waals surface area contributed by atoms with E-state index in [1.54, 1.807) is 6.92 Å². The van der Waals surface area contributed by atoms with Crippen LogP contribution >= 0.6 is 23.1 Å². The monoisotopic (exact) mass is 428 g/mol. The Bertz CT molecular complexity index is 1050. The van der Waals surface area contributed by atoms with E-state index in [0.717, 1.165) is 22.9 Å². The lowest BCUT2D eigenvalue weighted by Gasteiger charge is -2.11. The minimum absolute atomic E-state index is 0.251. The number of ether oxygens (including phenoxy) is 1. The van der Waals surface area contributed by atoms with E-state index >= 15 is 0 Å². The number of aromatic nitrogens is 2. The van der Waals surface area contributed by atoms with Crippen LogP contribution in [-0.2, 0) is 16.1 Å². The van der Waals surface area contributed by atoms with Gasteiger partial charge in [0, 0.05) is 17.5 Å². The highest BCUT2D eigenvalue weighted by Gasteiger charge is 2.29. The fourth-order valence-corrected chi connectivity index (χ4v) is 4.40. The summed E-state index contributed by atoms with van der Waals surface area (Å²) in [4.78, 5) is 29.5. The van der Waals surface area contributed by atoms with Gasteiger partial charge in [-0.3, -0.25) is 14.2 Å². The van der Waals surface area contributed by atoms with Crippen LogP contribution in [0.1, 0.15) is 6.92 Å². The van der Waals surface area contributed by atoms with Crippen LogP contribution in [0.4, 0.5) is 13.2 Å². The number of esters is 1. The standard InChI is InChI=1S/C18H15F3N2O3S2/c1-2-23-16(25)14-12(11-6-4-3-5-7-11)8-27-15(14)22-17(23)28-9-13(24)26-10-18(19,20)21/h3-8H,2,9-10H2,1H3. The lowest BCUT2D eigenvalue weighted by atomic mass is 10.1. The van der Waals surface area contributed by atoms with Crippen LogP contribution in [0.15, 0.2) is 45.7 Å². The van der Waals surface area contributed by atoms with Gasteiger partial charge in [-0.2, -0.15) is 13.2 Å². The molecule has 0 fully saturated rings. The number of benzene rings is 1. The minimum atomic E-state index is -4.58. The maximum Gasteiger partial charge on any atom is 0.422 e. The number of hydrogen-bond donors (Lipinski definition) is 0. The van der Waals surface area contributed by atoms with Crippen LogP contribution in [0.2, 0.25) is 0 Å². The maximum atomic E-state index is 13.0. The highest BCUT2D eigenvalue weighted by atomic mass is 32.2. The zero-order chi connectivity index (χ0) is 20.3. The molecule has 2 heterocycles. The average Bonchev–Trinajstić information content (AvgIpc) is 3.09. The first-order valence-corrected chi connectivity index (χ1v) is 10.1. The number of fused-ring (bicyclic) bond motifs is 1. The van der Waals surface area contributed by atoms with Gasteiger partial charge >= 0.3 is 12.1 Å². The van der Waals surface area contributed by atoms with Gasteiger partial charge in [0.15, 0.2) is 11.8 Å². The molecule has 0 saturated heterocycles. The van der Waals surface area contributed by atoms with Gasteiger partial charge in [0.2, 0.25) is 0 Å². The molecule has 3 rings (SSSR count). The molecular weight excluding hydrogens is 413 g/mol. The first-order valence-electron chi connectivity index (χ1n) is 8.22. The van der Waals surface area contributed by atoms with Gasteiger partial charge in [0.25, 0.3) is 5.56 Å². The highest BCUT2D eigenvalue weighted by Crippen LogP contribution is 2.32. The number of rotatable bonds is 6. The van der Waals surface area contributed by atoms with Gasteiger partial charge in [-0.05, 0) is 12.5 Å². The van der Waals surface area contributed by atoms with Gasteiger partial charge < -0.3 is 4.74 Å². The first kappa shape index (κ1) is 20.4. The topological polar surface area (TPSA) is 61.2 Å². The van der Waals surface area contributed by atoms with Crippen molar-refractivity contribution >= 4 is 39.3 Å². The summed E-state index contributed by atoms with van der Waals surface area (Å²) < 4.78 is 42.0. The van der Waals surface area contributed by atoms with Crippen LogP contribution in [-0.4, -0.2) is 34.1 Å². The van der Waals surface area contributed by atoms with Crippen LogP contribution in [0.25, 0.3) is 21.3 Å². The van der Waals surface area contributed by atoms with Crippen molar-refractivity contribution < 1.29 is 22.7 Å². The molecule has 0 radical (unpaired) electrons. The molecule has 10 heteroatoms. The van der Waals surface area contributed by atoms with Crippen molar-refractivity contribution in [3.05, 3.63) is 46.1 Å². The van der Waals surface area contributed by atoms with E-state index < -0.39 is 18.8 Å². The summed E-state index contributed by atoms with van der Waals surface area (Å²) in [6, 6.07) is 9.43. The van der Waals surface area contributed by atoms with Gasteiger partial charge in [-0.25, -0.2) is 4.98 Å². The second-order valence-electron chi connectivity index (χ2n) is 5.70. The van der Waals surface area contributed by atoms with Crippen molar-refractivity contribution in [1.29, 1.82) is 0 Å². The van der Waals surface area contributed by atoms with Gasteiger partial charge in [-0.15, -0.1) is 11.3 Å². The third-order valence-electron chi connectivity index (χ3n) is 3.78. The van der Waals surface area contributed by atoms with E-state index in [1.165, 1.54) is 15.9 Å². The van der Waals surface area contributed by atoms with E-state index in [-0.39, 0.29) is 16.5 Å². The predicted octanol–water partition coefficient (Wildman–Crippen LogP) is 4.34. The highest BCUT2D eigenvalue weighted by molar-refractivity contribution is 7.99. The lowest BCUT2D eigenvalue weighted by Crippen LogP contribution is -2.24. The Morgan fingerprint density at radius 3 is 2.64 bits per heavy atom. The average molecular weight is 428 g/mol. The molecule has 0 aliphatic rings. The normalized spacial score (nSPS) is 11.7. The Kier molecular flexibility index (Phi) is 6.09. The second-order valence-corrected chi connectivity index (χ2v) is 7.50. The van der Waals surface area contributed by atoms with Crippen LogP contribution in [0, 0.1) is 0 Å². The van der Waals surface area contributed by atoms with Crippen molar-refractivity contribution in [3.63, 3.8) is 0 Å². The summed E-state index contributed by atoms with van der Waals surface area (Å²) in [6.07, 6.45) is -4.58. The number of carbonyl (C=O) groups is 1. The molecule has 0 spiro atoms. The predicted molar refractivity (Wildman–Crippen MR) is 103 cm³/mol. The molecule has 0 unspecified atom stereocenters. The summed E-state index contributed by atoms with van der Waals surface area (Å²) in [5.41, 5.74) is 1.42. The number of hydrogen-bond acceptors (Lipinski definition) is 6. The van der Waals surface area contributed by atoms with E-state index in [4.69, 9.17) is 0 Å². The van der Waals surface area contributed by atoms with E-state index in [9.17, 15) is 22.8 Å². The molecule has 0 aliphatic heterocycles. The number of thiophene rings is 1. The van der Waals surface area contributed by atoms with Gasteiger partial charge in [0.1, 0.15) is 4.83 Å². The van der Waals surface area contributed by atoms with Crippen molar-refractivity contribution in [1.82, 2.24) is 9.55 Å². The quantitative estimate of drug-likeness (QED) is 0.332. The summed E-state index contributed by atoms with van der Waals surface area (Å²) in [6.45, 7) is 0.437. The van der Waals surface area contributed by atoms with Gasteiger partial charge in [0.05, 0.1) is 11.1 Å². The molecule has 0 saturated carbocycles. The van der Waals surface area contributed by atoms with Crippen LogP contribution < -0.4 is 5.56 Å². The van der Waals surface area contributed by atoms with Crippen molar-refractivity contribution in [3.8, 4) is 11.1 Å². The number of carbonyl (C=O) groups excluding carboxylic acids is 1. The molecule has 0 aliphatic carbocycles. The van der Waals surface area contributed by atoms with Crippen LogP contribution in [0.3, 0.4) is 0 Å². The van der Waals surface area contributed by atoms with Crippen molar-refractivity contribution in [2.75, 3.05) is 12.4 Å². The Balaban J connectivity index is 1.89. The molecule has 5 nitrogen and oxygen atoms in total. The number of halogens is 3. The Hall–Kier alpha value is -2.33. The first-order chi connectivity index (χ1) is 13.3. The van der Waals surface area contributed by atoms with E-state index in [1.807, 2.05) is 35.7 Å². The Morgan fingerprint density at radius 1 is 1.29 bits per heavy atom. The molecule has 1 aromatic carbocycles. The largest absolute Gasteiger partial charge is 0.455 e. The fourth-order valence-electron chi connectivity index (χ4n) is 2.55. The third kappa shape index (κ3) is 4.56. The number of thioether (sulfide) groups is 1. The second kappa shape index (κ2) is 8.36. The third-order valence-corrected chi connectivity index (χ3v) is 5.60. The Morgan fingerprint density at radius 2 is 2.00 bits per heavy atom. The maximum absolute atomic E-state index is 13.0. The van der Waals surface area contributed by atoms with Crippen LogP contribution in [0.5, 0.6) is 0 Å². The molecule has 0 amide bonds.